The van der Waals surface area contributed by atoms with Crippen molar-refractivity contribution in [3.05, 3.63) is 59.9 Å². The Hall–Kier alpha value is -2.56. The number of benzene rings is 2. The molecule has 0 bridgehead atoms. The van der Waals surface area contributed by atoms with Gasteiger partial charge in [0, 0.05) is 31.0 Å². The van der Waals surface area contributed by atoms with Gasteiger partial charge in [0.2, 0.25) is 5.91 Å². The summed E-state index contributed by atoms with van der Waals surface area (Å²) in [4.78, 5) is 16.2. The fourth-order valence-corrected chi connectivity index (χ4v) is 2.59. The molecule has 1 saturated heterocycles. The second kappa shape index (κ2) is 6.05. The van der Waals surface area contributed by atoms with E-state index in [-0.39, 0.29) is 11.7 Å². The number of carbonyl (C=O) groups is 1. The molecule has 5 heteroatoms. The third-order valence-electron chi connectivity index (χ3n) is 3.86. The van der Waals surface area contributed by atoms with Crippen molar-refractivity contribution in [2.45, 2.75) is 6.54 Å². The number of nitrogen functional groups attached to an aromatic ring is 1. The van der Waals surface area contributed by atoms with Gasteiger partial charge in [-0.2, -0.15) is 0 Å². The van der Waals surface area contributed by atoms with Crippen LogP contribution in [0.15, 0.2) is 48.5 Å². The molecule has 2 N–H and O–H groups in total. The molecule has 0 aliphatic carbocycles. The molecule has 0 aromatic heterocycles. The molecule has 114 valence electrons. The first-order chi connectivity index (χ1) is 10.6. The van der Waals surface area contributed by atoms with Crippen LogP contribution in [0.5, 0.6) is 0 Å². The minimum atomic E-state index is -0.261. The van der Waals surface area contributed by atoms with Crippen LogP contribution in [-0.4, -0.2) is 30.4 Å². The van der Waals surface area contributed by atoms with Crippen LogP contribution in [0.25, 0.3) is 0 Å². The first kappa shape index (κ1) is 14.4. The zero-order chi connectivity index (χ0) is 15.5. The summed E-state index contributed by atoms with van der Waals surface area (Å²) in [5.41, 5.74) is 8.34. The van der Waals surface area contributed by atoms with E-state index >= 15 is 0 Å². The lowest BCUT2D eigenvalue weighted by Crippen LogP contribution is -2.50. The van der Waals surface area contributed by atoms with Crippen LogP contribution < -0.4 is 10.6 Å². The molecule has 2 aromatic carbocycles. The van der Waals surface area contributed by atoms with E-state index in [1.54, 1.807) is 17.0 Å². The maximum absolute atomic E-state index is 12.9. The number of halogens is 1. The molecule has 1 heterocycles. The number of amides is 1. The van der Waals surface area contributed by atoms with Crippen molar-refractivity contribution in [3.8, 4) is 0 Å². The van der Waals surface area contributed by atoms with Crippen LogP contribution in [0.4, 0.5) is 15.8 Å². The van der Waals surface area contributed by atoms with Gasteiger partial charge < -0.3 is 15.5 Å². The van der Waals surface area contributed by atoms with Crippen LogP contribution in [0, 0.1) is 5.82 Å². The lowest BCUT2D eigenvalue weighted by Gasteiger charge is -2.35. The van der Waals surface area contributed by atoms with Gasteiger partial charge >= 0.3 is 0 Å². The van der Waals surface area contributed by atoms with Crippen LogP contribution in [0.3, 0.4) is 0 Å². The van der Waals surface area contributed by atoms with Gasteiger partial charge in [0.05, 0.1) is 6.54 Å². The number of hydrogen-bond donors (Lipinski definition) is 1. The minimum absolute atomic E-state index is 0.0763. The Morgan fingerprint density at radius 1 is 1.00 bits per heavy atom. The van der Waals surface area contributed by atoms with Crippen molar-refractivity contribution in [2.75, 3.05) is 30.3 Å². The highest BCUT2D eigenvalue weighted by Crippen LogP contribution is 2.19. The van der Waals surface area contributed by atoms with Crippen molar-refractivity contribution in [3.63, 3.8) is 0 Å². The molecule has 2 aromatic rings. The number of carbonyl (C=O) groups excluding carboxylic acids is 1. The molecule has 0 spiro atoms. The van der Waals surface area contributed by atoms with E-state index in [4.69, 9.17) is 5.73 Å². The van der Waals surface area contributed by atoms with E-state index in [0.717, 1.165) is 17.8 Å². The van der Waals surface area contributed by atoms with Crippen molar-refractivity contribution < 1.29 is 9.18 Å². The predicted molar refractivity (Wildman–Crippen MR) is 84.9 cm³/mol. The monoisotopic (exact) mass is 299 g/mol. The molecule has 1 amide bonds. The molecule has 0 saturated carbocycles. The molecule has 3 rings (SSSR count). The van der Waals surface area contributed by atoms with Gasteiger partial charge in [-0.15, -0.1) is 0 Å². The summed E-state index contributed by atoms with van der Waals surface area (Å²) >= 11 is 0. The summed E-state index contributed by atoms with van der Waals surface area (Å²) in [6, 6.07) is 13.8. The topological polar surface area (TPSA) is 49.6 Å². The Bertz CT molecular complexity index is 655. The number of anilines is 2. The van der Waals surface area contributed by atoms with Crippen molar-refractivity contribution in [1.29, 1.82) is 0 Å². The standard InChI is InChI=1S/C17H18FN3O/c18-14-3-1-13(2-4-14)11-21-10-9-20(12-17(21)22)16-7-5-15(19)6-8-16/h1-8H,9-12,19H2. The maximum atomic E-state index is 12.9. The van der Waals surface area contributed by atoms with E-state index in [1.165, 1.54) is 12.1 Å². The zero-order valence-corrected chi connectivity index (χ0v) is 12.2. The van der Waals surface area contributed by atoms with Crippen LogP contribution in [0.1, 0.15) is 5.56 Å². The third-order valence-corrected chi connectivity index (χ3v) is 3.86. The van der Waals surface area contributed by atoms with Gasteiger partial charge in [-0.3, -0.25) is 4.79 Å². The van der Waals surface area contributed by atoms with Crippen molar-refractivity contribution in [2.24, 2.45) is 0 Å². The van der Waals surface area contributed by atoms with Crippen LogP contribution in [-0.2, 0) is 11.3 Å². The summed E-state index contributed by atoms with van der Waals surface area (Å²) in [6.45, 7) is 2.30. The van der Waals surface area contributed by atoms with E-state index in [1.807, 2.05) is 29.2 Å². The molecule has 0 radical (unpaired) electrons. The zero-order valence-electron chi connectivity index (χ0n) is 12.2. The number of nitrogens with zero attached hydrogens (tertiary/aromatic N) is 2. The molecule has 1 fully saturated rings. The summed E-state index contributed by atoms with van der Waals surface area (Å²) in [5, 5.41) is 0. The van der Waals surface area contributed by atoms with E-state index in [2.05, 4.69) is 0 Å². The molecule has 1 aliphatic heterocycles. The quantitative estimate of drug-likeness (QED) is 0.884. The second-order valence-electron chi connectivity index (χ2n) is 5.45. The smallest absolute Gasteiger partial charge is 0.242 e. The number of nitrogens with two attached hydrogens (primary N) is 1. The number of rotatable bonds is 3. The highest BCUT2D eigenvalue weighted by molar-refractivity contribution is 5.83. The fraction of sp³-hybridized carbons (Fsp3) is 0.235. The van der Waals surface area contributed by atoms with E-state index in [0.29, 0.717) is 25.3 Å². The van der Waals surface area contributed by atoms with Crippen LogP contribution in [0.2, 0.25) is 0 Å². The number of piperazine rings is 1. The molecular formula is C17H18FN3O. The second-order valence-corrected chi connectivity index (χ2v) is 5.45. The summed E-state index contributed by atoms with van der Waals surface area (Å²) < 4.78 is 12.9. The fourth-order valence-electron chi connectivity index (χ4n) is 2.59. The Morgan fingerprint density at radius 3 is 2.32 bits per heavy atom. The van der Waals surface area contributed by atoms with Gasteiger partial charge in [-0.25, -0.2) is 4.39 Å². The third kappa shape index (κ3) is 3.19. The first-order valence-electron chi connectivity index (χ1n) is 7.24. The highest BCUT2D eigenvalue weighted by Gasteiger charge is 2.24. The lowest BCUT2D eigenvalue weighted by atomic mass is 10.1. The van der Waals surface area contributed by atoms with Gasteiger partial charge in [-0.1, -0.05) is 12.1 Å². The Kier molecular flexibility index (Phi) is 3.96. The van der Waals surface area contributed by atoms with Gasteiger partial charge in [0.25, 0.3) is 0 Å². The Labute approximate surface area is 128 Å². The molecular weight excluding hydrogens is 281 g/mol. The summed E-state index contributed by atoms with van der Waals surface area (Å²) in [7, 11) is 0. The van der Waals surface area contributed by atoms with Gasteiger partial charge in [0.15, 0.2) is 0 Å². The molecule has 4 nitrogen and oxygen atoms in total. The maximum Gasteiger partial charge on any atom is 0.242 e. The molecule has 0 atom stereocenters. The van der Waals surface area contributed by atoms with Crippen molar-refractivity contribution in [1.82, 2.24) is 4.90 Å². The Morgan fingerprint density at radius 2 is 1.68 bits per heavy atom. The minimum Gasteiger partial charge on any atom is -0.399 e. The SMILES string of the molecule is Nc1ccc(N2CCN(Cc3ccc(F)cc3)C(=O)C2)cc1. The number of hydrogen-bond acceptors (Lipinski definition) is 3. The summed E-state index contributed by atoms with van der Waals surface area (Å²) in [6.07, 6.45) is 0. The summed E-state index contributed by atoms with van der Waals surface area (Å²) in [5.74, 6) is -0.185. The lowest BCUT2D eigenvalue weighted by molar-refractivity contribution is -0.131. The highest BCUT2D eigenvalue weighted by atomic mass is 19.1. The molecule has 22 heavy (non-hydrogen) atoms. The first-order valence-corrected chi connectivity index (χ1v) is 7.24. The van der Waals surface area contributed by atoms with Gasteiger partial charge in [0.1, 0.15) is 5.82 Å². The van der Waals surface area contributed by atoms with Crippen LogP contribution >= 0.6 is 0 Å². The average Bonchev–Trinajstić information content (AvgIpc) is 2.52. The average molecular weight is 299 g/mol. The Balaban J connectivity index is 1.63. The van der Waals surface area contributed by atoms with E-state index < -0.39 is 0 Å². The largest absolute Gasteiger partial charge is 0.399 e. The molecule has 1 aliphatic rings. The van der Waals surface area contributed by atoms with Gasteiger partial charge in [-0.05, 0) is 42.0 Å². The van der Waals surface area contributed by atoms with Crippen molar-refractivity contribution >= 4 is 17.3 Å². The van der Waals surface area contributed by atoms with E-state index in [9.17, 15) is 9.18 Å². The normalized spacial score (nSPS) is 15.2. The predicted octanol–water partition coefficient (Wildman–Crippen LogP) is 2.26. The molecule has 0 unspecified atom stereocenters.